The molecule has 0 spiro atoms. The molecule has 1 aromatic rings. The highest BCUT2D eigenvalue weighted by molar-refractivity contribution is 6.36. The van der Waals surface area contributed by atoms with Gasteiger partial charge in [0.1, 0.15) is 6.54 Å². The van der Waals surface area contributed by atoms with Crippen molar-refractivity contribution in [1.29, 1.82) is 0 Å². The highest BCUT2D eigenvalue weighted by Gasteiger charge is 2.26. The van der Waals surface area contributed by atoms with Crippen LogP contribution in [-0.2, 0) is 9.59 Å². The van der Waals surface area contributed by atoms with E-state index in [1.54, 1.807) is 12.1 Å². The monoisotopic (exact) mass is 272 g/mol. The van der Waals surface area contributed by atoms with Crippen molar-refractivity contribution in [2.75, 3.05) is 18.0 Å². The van der Waals surface area contributed by atoms with Crippen molar-refractivity contribution in [2.45, 2.75) is 6.92 Å². The molecule has 90 valence electrons. The van der Waals surface area contributed by atoms with Crippen LogP contribution in [0.4, 0.5) is 5.69 Å². The minimum atomic E-state index is -0.211. The van der Waals surface area contributed by atoms with Crippen LogP contribution in [0.3, 0.4) is 0 Å². The van der Waals surface area contributed by atoms with Gasteiger partial charge < -0.3 is 5.32 Å². The lowest BCUT2D eigenvalue weighted by Crippen LogP contribution is -2.51. The molecule has 17 heavy (non-hydrogen) atoms. The summed E-state index contributed by atoms with van der Waals surface area (Å²) in [5.41, 5.74) is 1.30. The zero-order chi connectivity index (χ0) is 12.6. The molecule has 1 fully saturated rings. The van der Waals surface area contributed by atoms with Gasteiger partial charge in [-0.25, -0.2) is 0 Å². The van der Waals surface area contributed by atoms with Crippen molar-refractivity contribution >= 4 is 40.7 Å². The van der Waals surface area contributed by atoms with Gasteiger partial charge in [-0.05, 0) is 24.6 Å². The van der Waals surface area contributed by atoms with Crippen LogP contribution >= 0.6 is 23.2 Å². The second-order valence-electron chi connectivity index (χ2n) is 3.81. The molecule has 1 aromatic carbocycles. The fourth-order valence-electron chi connectivity index (χ4n) is 1.62. The Morgan fingerprint density at radius 2 is 1.94 bits per heavy atom. The summed E-state index contributed by atoms with van der Waals surface area (Å²) >= 11 is 12.1. The molecule has 1 saturated heterocycles. The fraction of sp³-hybridized carbons (Fsp3) is 0.273. The van der Waals surface area contributed by atoms with Crippen molar-refractivity contribution in [2.24, 2.45) is 0 Å². The largest absolute Gasteiger partial charge is 0.345 e. The number of aryl methyl sites for hydroxylation is 1. The molecule has 0 radical (unpaired) electrons. The van der Waals surface area contributed by atoms with Gasteiger partial charge in [-0.15, -0.1) is 0 Å². The van der Waals surface area contributed by atoms with E-state index in [0.717, 1.165) is 5.56 Å². The van der Waals surface area contributed by atoms with Crippen molar-refractivity contribution in [1.82, 2.24) is 5.32 Å². The maximum absolute atomic E-state index is 11.7. The molecule has 2 amide bonds. The SMILES string of the molecule is Cc1cc(Cl)c(N2CC(=O)NCC2=O)cc1Cl. The van der Waals surface area contributed by atoms with E-state index in [0.29, 0.717) is 15.7 Å². The van der Waals surface area contributed by atoms with Gasteiger partial charge in [0.25, 0.3) is 0 Å². The Bertz CT molecular complexity index is 502. The standard InChI is InChI=1S/C11H10Cl2N2O2/c1-6-2-8(13)9(3-7(6)12)15-5-10(16)14-4-11(15)17/h2-3H,4-5H2,1H3,(H,14,16). The normalized spacial score (nSPS) is 16.1. The summed E-state index contributed by atoms with van der Waals surface area (Å²) in [7, 11) is 0. The van der Waals surface area contributed by atoms with E-state index >= 15 is 0 Å². The summed E-state index contributed by atoms with van der Waals surface area (Å²) in [5, 5.41) is 3.40. The Labute approximate surface area is 108 Å². The lowest BCUT2D eigenvalue weighted by Gasteiger charge is -2.27. The Hall–Kier alpha value is -1.26. The summed E-state index contributed by atoms with van der Waals surface area (Å²) in [6.07, 6.45) is 0. The maximum Gasteiger partial charge on any atom is 0.246 e. The van der Waals surface area contributed by atoms with Gasteiger partial charge in [-0.1, -0.05) is 23.2 Å². The van der Waals surface area contributed by atoms with Crippen LogP contribution in [0.25, 0.3) is 0 Å². The van der Waals surface area contributed by atoms with E-state index in [-0.39, 0.29) is 24.9 Å². The van der Waals surface area contributed by atoms with E-state index in [4.69, 9.17) is 23.2 Å². The van der Waals surface area contributed by atoms with Crippen LogP contribution in [0.2, 0.25) is 10.0 Å². The number of halogens is 2. The van der Waals surface area contributed by atoms with Gasteiger partial charge in [0, 0.05) is 5.02 Å². The van der Waals surface area contributed by atoms with Crippen LogP contribution in [0.5, 0.6) is 0 Å². The first-order valence-electron chi connectivity index (χ1n) is 5.02. The van der Waals surface area contributed by atoms with E-state index < -0.39 is 0 Å². The van der Waals surface area contributed by atoms with E-state index in [2.05, 4.69) is 5.32 Å². The van der Waals surface area contributed by atoms with E-state index in [9.17, 15) is 9.59 Å². The van der Waals surface area contributed by atoms with E-state index in [1.807, 2.05) is 6.92 Å². The summed E-state index contributed by atoms with van der Waals surface area (Å²) in [6.45, 7) is 1.78. The third-order valence-electron chi connectivity index (χ3n) is 2.56. The van der Waals surface area contributed by atoms with Gasteiger partial charge in [0.05, 0.1) is 17.3 Å². The lowest BCUT2D eigenvalue weighted by molar-refractivity contribution is -0.128. The predicted octanol–water partition coefficient (Wildman–Crippen LogP) is 1.76. The number of carbonyl (C=O) groups is 2. The fourth-order valence-corrected chi connectivity index (χ4v) is 2.10. The first-order chi connectivity index (χ1) is 7.99. The molecule has 0 unspecified atom stereocenters. The summed E-state index contributed by atoms with van der Waals surface area (Å²) in [6, 6.07) is 3.29. The van der Waals surface area contributed by atoms with Crippen LogP contribution < -0.4 is 10.2 Å². The number of benzene rings is 1. The number of anilines is 1. The quantitative estimate of drug-likeness (QED) is 0.847. The summed E-state index contributed by atoms with van der Waals surface area (Å²) in [5.74, 6) is -0.413. The molecular formula is C11H10Cl2N2O2. The summed E-state index contributed by atoms with van der Waals surface area (Å²) in [4.78, 5) is 24.3. The zero-order valence-electron chi connectivity index (χ0n) is 9.09. The van der Waals surface area contributed by atoms with Gasteiger partial charge >= 0.3 is 0 Å². The van der Waals surface area contributed by atoms with Gasteiger partial charge in [0.15, 0.2) is 0 Å². The number of rotatable bonds is 1. The van der Waals surface area contributed by atoms with Crippen molar-refractivity contribution in [3.05, 3.63) is 27.7 Å². The minimum absolute atomic E-state index is 0.0132. The van der Waals surface area contributed by atoms with Crippen LogP contribution in [0, 0.1) is 6.92 Å². The second-order valence-corrected chi connectivity index (χ2v) is 4.62. The van der Waals surface area contributed by atoms with E-state index in [1.165, 1.54) is 4.90 Å². The molecule has 0 aromatic heterocycles. The number of nitrogens with zero attached hydrogens (tertiary/aromatic N) is 1. The minimum Gasteiger partial charge on any atom is -0.345 e. The molecular weight excluding hydrogens is 263 g/mol. The number of piperazine rings is 1. The number of amides is 2. The van der Waals surface area contributed by atoms with Crippen molar-refractivity contribution in [3.8, 4) is 0 Å². The molecule has 1 N–H and O–H groups in total. The molecule has 0 bridgehead atoms. The lowest BCUT2D eigenvalue weighted by atomic mass is 10.2. The molecule has 1 heterocycles. The van der Waals surface area contributed by atoms with Crippen LogP contribution in [-0.4, -0.2) is 24.9 Å². The molecule has 2 rings (SSSR count). The van der Waals surface area contributed by atoms with Crippen molar-refractivity contribution in [3.63, 3.8) is 0 Å². The number of hydrogen-bond donors (Lipinski definition) is 1. The first kappa shape index (κ1) is 12.2. The highest BCUT2D eigenvalue weighted by atomic mass is 35.5. The van der Waals surface area contributed by atoms with Crippen LogP contribution in [0.15, 0.2) is 12.1 Å². The Balaban J connectivity index is 2.42. The Morgan fingerprint density at radius 1 is 1.24 bits per heavy atom. The van der Waals surface area contributed by atoms with Gasteiger partial charge in [-0.2, -0.15) is 0 Å². The molecule has 1 aliphatic heterocycles. The third kappa shape index (κ3) is 2.37. The smallest absolute Gasteiger partial charge is 0.246 e. The van der Waals surface area contributed by atoms with Gasteiger partial charge in [0.2, 0.25) is 11.8 Å². The zero-order valence-corrected chi connectivity index (χ0v) is 10.6. The topological polar surface area (TPSA) is 49.4 Å². The summed E-state index contributed by atoms with van der Waals surface area (Å²) < 4.78 is 0. The number of hydrogen-bond acceptors (Lipinski definition) is 2. The molecule has 0 aliphatic carbocycles. The predicted molar refractivity (Wildman–Crippen MR) is 66.6 cm³/mol. The second kappa shape index (κ2) is 4.55. The average molecular weight is 273 g/mol. The third-order valence-corrected chi connectivity index (χ3v) is 3.27. The highest BCUT2D eigenvalue weighted by Crippen LogP contribution is 2.32. The first-order valence-corrected chi connectivity index (χ1v) is 5.77. The van der Waals surface area contributed by atoms with Crippen molar-refractivity contribution < 1.29 is 9.59 Å². The molecule has 4 nitrogen and oxygen atoms in total. The molecule has 1 aliphatic rings. The van der Waals surface area contributed by atoms with Crippen LogP contribution in [0.1, 0.15) is 5.56 Å². The number of nitrogens with one attached hydrogen (secondary N) is 1. The number of carbonyl (C=O) groups excluding carboxylic acids is 2. The molecule has 0 atom stereocenters. The maximum atomic E-state index is 11.7. The Morgan fingerprint density at radius 3 is 2.65 bits per heavy atom. The Kier molecular flexibility index (Phi) is 3.26. The average Bonchev–Trinajstić information content (AvgIpc) is 2.27. The molecule has 6 heteroatoms. The molecule has 0 saturated carbocycles. The van der Waals surface area contributed by atoms with Gasteiger partial charge in [-0.3, -0.25) is 14.5 Å².